The van der Waals surface area contributed by atoms with E-state index in [1.54, 1.807) is 0 Å². The molecule has 0 unspecified atom stereocenters. The molecule has 0 aromatic rings. The molecule has 0 aromatic heterocycles. The molecule has 94 valence electrons. The molecule has 0 heterocycles. The van der Waals surface area contributed by atoms with Gasteiger partial charge in [-0.2, -0.15) is 0 Å². The second-order valence-electron chi connectivity index (χ2n) is 5.00. The van der Waals surface area contributed by atoms with Gasteiger partial charge in [-0.05, 0) is 45.1 Å². The molecule has 0 aromatic carbocycles. The summed E-state index contributed by atoms with van der Waals surface area (Å²) in [6, 6.07) is 0.365. The molecule has 0 spiro atoms. The molecule has 0 radical (unpaired) electrons. The minimum atomic E-state index is 0.219. The predicted molar refractivity (Wildman–Crippen MR) is 67.1 cm³/mol. The highest BCUT2D eigenvalue weighted by molar-refractivity contribution is 5.76. The van der Waals surface area contributed by atoms with Crippen molar-refractivity contribution < 1.29 is 4.79 Å². The molecule has 0 aliphatic heterocycles. The van der Waals surface area contributed by atoms with Gasteiger partial charge in [0.1, 0.15) is 0 Å². The molecule has 0 bridgehead atoms. The van der Waals surface area contributed by atoms with Gasteiger partial charge in [-0.1, -0.05) is 19.3 Å². The van der Waals surface area contributed by atoms with E-state index in [2.05, 4.69) is 12.2 Å². The van der Waals surface area contributed by atoms with Gasteiger partial charge in [0.2, 0.25) is 5.91 Å². The Morgan fingerprint density at radius 3 is 2.62 bits per heavy atom. The highest BCUT2D eigenvalue weighted by Crippen LogP contribution is 2.27. The number of hydrogen-bond donors (Lipinski definition) is 2. The topological polar surface area (TPSA) is 55.1 Å². The van der Waals surface area contributed by atoms with E-state index in [4.69, 9.17) is 5.73 Å². The molecule has 1 fully saturated rings. The third-order valence-electron chi connectivity index (χ3n) is 3.60. The van der Waals surface area contributed by atoms with Crippen LogP contribution in [0.15, 0.2) is 0 Å². The van der Waals surface area contributed by atoms with Crippen molar-refractivity contribution in [1.82, 2.24) is 5.32 Å². The van der Waals surface area contributed by atoms with Crippen LogP contribution in [-0.4, -0.2) is 18.5 Å². The number of rotatable bonds is 7. The molecule has 1 amide bonds. The lowest BCUT2D eigenvalue weighted by Crippen LogP contribution is -2.37. The third-order valence-corrected chi connectivity index (χ3v) is 3.60. The second kappa shape index (κ2) is 7.66. The molecule has 16 heavy (non-hydrogen) atoms. The summed E-state index contributed by atoms with van der Waals surface area (Å²) in [4.78, 5) is 11.6. The first-order valence-electron chi connectivity index (χ1n) is 6.73. The molecular formula is C13H26N2O. The first-order chi connectivity index (χ1) is 7.74. The van der Waals surface area contributed by atoms with Crippen LogP contribution in [0.2, 0.25) is 0 Å². The standard InChI is InChI=1S/C13H26N2O/c1-11(12-7-4-5-8-12)15-13(16)9-3-2-6-10-14/h11-12H,2-10,14H2,1H3,(H,15,16)/t11-/m0/s1. The van der Waals surface area contributed by atoms with Gasteiger partial charge < -0.3 is 11.1 Å². The Balaban J connectivity index is 2.08. The Morgan fingerprint density at radius 2 is 2.00 bits per heavy atom. The number of nitrogens with two attached hydrogens (primary N) is 1. The van der Waals surface area contributed by atoms with Gasteiger partial charge in [-0.3, -0.25) is 4.79 Å². The highest BCUT2D eigenvalue weighted by Gasteiger charge is 2.22. The molecule has 0 saturated heterocycles. The van der Waals surface area contributed by atoms with Gasteiger partial charge in [-0.15, -0.1) is 0 Å². The van der Waals surface area contributed by atoms with Gasteiger partial charge in [-0.25, -0.2) is 0 Å². The van der Waals surface area contributed by atoms with E-state index in [1.165, 1.54) is 25.7 Å². The van der Waals surface area contributed by atoms with Gasteiger partial charge in [0.25, 0.3) is 0 Å². The highest BCUT2D eigenvalue weighted by atomic mass is 16.1. The zero-order chi connectivity index (χ0) is 11.8. The van der Waals surface area contributed by atoms with E-state index in [9.17, 15) is 4.79 Å². The number of hydrogen-bond acceptors (Lipinski definition) is 2. The Kier molecular flexibility index (Phi) is 6.46. The van der Waals surface area contributed by atoms with Crippen LogP contribution in [0.1, 0.15) is 58.3 Å². The second-order valence-corrected chi connectivity index (χ2v) is 5.00. The van der Waals surface area contributed by atoms with Gasteiger partial charge in [0.15, 0.2) is 0 Å². The average Bonchev–Trinajstić information content (AvgIpc) is 2.77. The molecule has 1 aliphatic rings. The Labute approximate surface area is 99.2 Å². The summed E-state index contributed by atoms with van der Waals surface area (Å²) in [6.07, 6.45) is 8.98. The van der Waals surface area contributed by atoms with E-state index in [1.807, 2.05) is 0 Å². The van der Waals surface area contributed by atoms with Crippen molar-refractivity contribution in [3.8, 4) is 0 Å². The van der Waals surface area contributed by atoms with E-state index in [-0.39, 0.29) is 5.91 Å². The molecule has 1 aliphatic carbocycles. The summed E-state index contributed by atoms with van der Waals surface area (Å²) in [5.41, 5.74) is 5.41. The number of carbonyl (C=O) groups excluding carboxylic acids is 1. The van der Waals surface area contributed by atoms with Crippen molar-refractivity contribution in [3.05, 3.63) is 0 Å². The molecule has 1 rings (SSSR count). The lowest BCUT2D eigenvalue weighted by Gasteiger charge is -2.20. The summed E-state index contributed by atoms with van der Waals surface area (Å²) in [5, 5.41) is 3.13. The maximum absolute atomic E-state index is 11.6. The predicted octanol–water partition coefficient (Wildman–Crippen LogP) is 2.20. The number of unbranched alkanes of at least 4 members (excludes halogenated alkanes) is 2. The van der Waals surface area contributed by atoms with E-state index >= 15 is 0 Å². The Hall–Kier alpha value is -0.570. The van der Waals surface area contributed by atoms with Gasteiger partial charge >= 0.3 is 0 Å². The SMILES string of the molecule is C[C@H](NC(=O)CCCCCN)C1CCCC1. The Morgan fingerprint density at radius 1 is 1.31 bits per heavy atom. The molecule has 1 saturated carbocycles. The van der Waals surface area contributed by atoms with E-state index in [0.717, 1.165) is 25.8 Å². The third kappa shape index (κ3) is 4.97. The van der Waals surface area contributed by atoms with Gasteiger partial charge in [0, 0.05) is 12.5 Å². The summed E-state index contributed by atoms with van der Waals surface area (Å²) in [7, 11) is 0. The smallest absolute Gasteiger partial charge is 0.220 e. The molecule has 1 atom stereocenters. The minimum absolute atomic E-state index is 0.219. The van der Waals surface area contributed by atoms with Crippen LogP contribution >= 0.6 is 0 Å². The lowest BCUT2D eigenvalue weighted by atomic mass is 9.99. The molecule has 3 heteroatoms. The Bertz CT molecular complexity index is 200. The fourth-order valence-corrected chi connectivity index (χ4v) is 2.51. The van der Waals surface area contributed by atoms with Crippen LogP contribution in [0, 0.1) is 5.92 Å². The first kappa shape index (κ1) is 13.5. The van der Waals surface area contributed by atoms with Crippen molar-refractivity contribution in [3.63, 3.8) is 0 Å². The van der Waals surface area contributed by atoms with Crippen molar-refractivity contribution in [1.29, 1.82) is 0 Å². The first-order valence-corrected chi connectivity index (χ1v) is 6.73. The average molecular weight is 226 g/mol. The summed E-state index contributed by atoms with van der Waals surface area (Å²) >= 11 is 0. The van der Waals surface area contributed by atoms with Crippen LogP contribution < -0.4 is 11.1 Å². The van der Waals surface area contributed by atoms with Crippen LogP contribution in [0.3, 0.4) is 0 Å². The van der Waals surface area contributed by atoms with E-state index in [0.29, 0.717) is 18.4 Å². The lowest BCUT2D eigenvalue weighted by molar-refractivity contribution is -0.122. The zero-order valence-electron chi connectivity index (χ0n) is 10.5. The quantitative estimate of drug-likeness (QED) is 0.654. The summed E-state index contributed by atoms with van der Waals surface area (Å²) in [6.45, 7) is 2.88. The maximum Gasteiger partial charge on any atom is 0.220 e. The monoisotopic (exact) mass is 226 g/mol. The maximum atomic E-state index is 11.6. The summed E-state index contributed by atoms with van der Waals surface area (Å²) in [5.74, 6) is 0.935. The zero-order valence-corrected chi connectivity index (χ0v) is 10.5. The van der Waals surface area contributed by atoms with Crippen molar-refractivity contribution >= 4 is 5.91 Å². The fourth-order valence-electron chi connectivity index (χ4n) is 2.51. The number of nitrogens with one attached hydrogen (secondary N) is 1. The van der Waals surface area contributed by atoms with Crippen molar-refractivity contribution in [2.45, 2.75) is 64.3 Å². The largest absolute Gasteiger partial charge is 0.353 e. The van der Waals surface area contributed by atoms with E-state index < -0.39 is 0 Å². The van der Waals surface area contributed by atoms with Crippen molar-refractivity contribution in [2.75, 3.05) is 6.54 Å². The van der Waals surface area contributed by atoms with Crippen LogP contribution in [0.4, 0.5) is 0 Å². The van der Waals surface area contributed by atoms with Crippen LogP contribution in [0.25, 0.3) is 0 Å². The number of amides is 1. The molecule has 3 nitrogen and oxygen atoms in total. The van der Waals surface area contributed by atoms with Gasteiger partial charge in [0.05, 0.1) is 0 Å². The van der Waals surface area contributed by atoms with Crippen molar-refractivity contribution in [2.24, 2.45) is 11.7 Å². The minimum Gasteiger partial charge on any atom is -0.353 e. The fraction of sp³-hybridized carbons (Fsp3) is 0.923. The van der Waals surface area contributed by atoms with Crippen LogP contribution in [-0.2, 0) is 4.79 Å². The molecule has 3 N–H and O–H groups in total. The molecular weight excluding hydrogens is 200 g/mol. The normalized spacial score (nSPS) is 18.6. The summed E-state index contributed by atoms with van der Waals surface area (Å²) < 4.78 is 0. The van der Waals surface area contributed by atoms with Crippen LogP contribution in [0.5, 0.6) is 0 Å². The number of carbonyl (C=O) groups is 1.